The van der Waals surface area contributed by atoms with Gasteiger partial charge in [-0.2, -0.15) is 0 Å². The van der Waals surface area contributed by atoms with E-state index in [9.17, 15) is 4.79 Å². The quantitative estimate of drug-likeness (QED) is 0.239. The Labute approximate surface area is 258 Å². The molecule has 0 spiro atoms. The standard InChI is InChI=1S/C33H54OP2.2BrH/c1-23(2)35(24(3)4,25(5)6)21-29-13-17-31(18-14-29)33(34)32-19-15-30(16-20-32)22-36(26(7)8,27(9)10)28(11)12;;/h13-20,23-28H,21-22H2,1-12H3;2*1H/q+2;;/p-2. The maximum atomic E-state index is 13.3. The highest BCUT2D eigenvalue weighted by Gasteiger charge is 2.48. The molecule has 216 valence electrons. The highest BCUT2D eigenvalue weighted by Crippen LogP contribution is 2.73. The van der Waals surface area contributed by atoms with Crippen molar-refractivity contribution in [2.24, 2.45) is 0 Å². The number of ketones is 1. The monoisotopic (exact) mass is 686 g/mol. The van der Waals surface area contributed by atoms with Crippen LogP contribution in [0.4, 0.5) is 0 Å². The fourth-order valence-corrected chi connectivity index (χ4v) is 18.0. The smallest absolute Gasteiger partial charge is 0.193 e. The van der Waals surface area contributed by atoms with E-state index in [1.807, 2.05) is 24.3 Å². The summed E-state index contributed by atoms with van der Waals surface area (Å²) in [5.41, 5.74) is 8.60. The Balaban J connectivity index is 0.00000684. The lowest BCUT2D eigenvalue weighted by molar-refractivity contribution is -0.001000. The molecule has 0 atom stereocenters. The Hall–Kier alpha value is -0.0700. The summed E-state index contributed by atoms with van der Waals surface area (Å²) in [6, 6.07) is 17.0. The highest BCUT2D eigenvalue weighted by molar-refractivity contribution is 7.77. The van der Waals surface area contributed by atoms with Crippen LogP contribution in [0.3, 0.4) is 0 Å². The van der Waals surface area contributed by atoms with Crippen LogP contribution in [-0.2, 0) is 12.3 Å². The zero-order chi connectivity index (χ0) is 27.4. The van der Waals surface area contributed by atoms with E-state index in [0.29, 0.717) is 34.0 Å². The van der Waals surface area contributed by atoms with Gasteiger partial charge in [-0.05, 0) is 94.2 Å². The molecule has 2 aromatic rings. The lowest BCUT2D eigenvalue weighted by atomic mass is 10.0. The molecular formula is C33H54Br2OP2. The summed E-state index contributed by atoms with van der Waals surface area (Å²) in [5, 5.41) is 0. The molecule has 0 unspecified atom stereocenters. The molecule has 5 heteroatoms. The summed E-state index contributed by atoms with van der Waals surface area (Å²) in [6.07, 6.45) is 2.32. The number of rotatable bonds is 12. The van der Waals surface area contributed by atoms with Gasteiger partial charge in [0.05, 0.1) is 46.3 Å². The molecule has 2 rings (SSSR count). The average Bonchev–Trinajstić information content (AvgIpc) is 2.79. The van der Waals surface area contributed by atoms with Gasteiger partial charge in [0.15, 0.2) is 5.78 Å². The molecule has 2 aromatic carbocycles. The van der Waals surface area contributed by atoms with Crippen molar-refractivity contribution in [3.8, 4) is 0 Å². The van der Waals surface area contributed by atoms with E-state index in [4.69, 9.17) is 0 Å². The maximum Gasteiger partial charge on any atom is 0.193 e. The lowest BCUT2D eigenvalue weighted by Gasteiger charge is -2.38. The first-order valence-electron chi connectivity index (χ1n) is 14.2. The lowest BCUT2D eigenvalue weighted by Crippen LogP contribution is -3.00. The van der Waals surface area contributed by atoms with Crippen molar-refractivity contribution >= 4 is 20.3 Å². The predicted molar refractivity (Wildman–Crippen MR) is 168 cm³/mol. The molecule has 0 aliphatic rings. The Morgan fingerprint density at radius 3 is 0.868 bits per heavy atom. The van der Waals surface area contributed by atoms with Crippen molar-refractivity contribution < 1.29 is 38.8 Å². The van der Waals surface area contributed by atoms with Gasteiger partial charge in [-0.3, -0.25) is 4.79 Å². The van der Waals surface area contributed by atoms with Crippen LogP contribution in [-0.4, -0.2) is 39.7 Å². The molecule has 0 amide bonds. The van der Waals surface area contributed by atoms with Crippen molar-refractivity contribution in [3.63, 3.8) is 0 Å². The molecule has 38 heavy (non-hydrogen) atoms. The van der Waals surface area contributed by atoms with E-state index in [-0.39, 0.29) is 39.7 Å². The van der Waals surface area contributed by atoms with E-state index in [2.05, 4.69) is 107 Å². The summed E-state index contributed by atoms with van der Waals surface area (Å²) >= 11 is 0. The largest absolute Gasteiger partial charge is 1.00 e. The third kappa shape index (κ3) is 8.02. The maximum absolute atomic E-state index is 13.3. The van der Waals surface area contributed by atoms with E-state index in [1.54, 1.807) is 0 Å². The Morgan fingerprint density at radius 2 is 0.684 bits per heavy atom. The van der Waals surface area contributed by atoms with Gasteiger partial charge in [0.25, 0.3) is 0 Å². The molecule has 0 N–H and O–H groups in total. The van der Waals surface area contributed by atoms with Crippen molar-refractivity contribution in [1.82, 2.24) is 0 Å². The fraction of sp³-hybridized carbons (Fsp3) is 0.606. The molecule has 0 saturated heterocycles. The molecule has 0 saturated carbocycles. The predicted octanol–water partition coefficient (Wildman–Crippen LogP) is 4.41. The van der Waals surface area contributed by atoms with Gasteiger partial charge < -0.3 is 34.0 Å². The van der Waals surface area contributed by atoms with Crippen molar-refractivity contribution in [2.75, 3.05) is 0 Å². The summed E-state index contributed by atoms with van der Waals surface area (Å²) in [6.45, 7) is 28.9. The minimum atomic E-state index is -1.16. The first kappa shape index (κ1) is 37.9. The molecule has 0 bridgehead atoms. The van der Waals surface area contributed by atoms with E-state index in [0.717, 1.165) is 23.5 Å². The Bertz CT molecular complexity index is 854. The Kier molecular flexibility index (Phi) is 15.8. The van der Waals surface area contributed by atoms with Gasteiger partial charge in [0.2, 0.25) is 0 Å². The summed E-state index contributed by atoms with van der Waals surface area (Å²) in [4.78, 5) is 13.3. The molecule has 0 aromatic heterocycles. The number of halogens is 2. The first-order valence-corrected chi connectivity index (χ1v) is 18.5. The van der Waals surface area contributed by atoms with E-state index in [1.165, 1.54) is 11.1 Å². The number of carbonyl (C=O) groups is 1. The zero-order valence-electron chi connectivity index (χ0n) is 26.1. The van der Waals surface area contributed by atoms with Crippen molar-refractivity contribution in [2.45, 2.75) is 129 Å². The second kappa shape index (κ2) is 15.8. The van der Waals surface area contributed by atoms with Crippen LogP contribution in [0.1, 0.15) is 110 Å². The van der Waals surface area contributed by atoms with Crippen LogP contribution in [0.5, 0.6) is 0 Å². The number of hydrogen-bond acceptors (Lipinski definition) is 1. The fourth-order valence-electron chi connectivity index (χ4n) is 7.00. The van der Waals surface area contributed by atoms with Crippen molar-refractivity contribution in [3.05, 3.63) is 70.8 Å². The second-order valence-electron chi connectivity index (χ2n) is 12.6. The minimum absolute atomic E-state index is 0. The number of carbonyl (C=O) groups excluding carboxylic acids is 1. The van der Waals surface area contributed by atoms with E-state index < -0.39 is 14.5 Å². The van der Waals surface area contributed by atoms with Gasteiger partial charge >= 0.3 is 0 Å². The van der Waals surface area contributed by atoms with Crippen LogP contribution >= 0.6 is 14.5 Å². The topological polar surface area (TPSA) is 17.1 Å². The van der Waals surface area contributed by atoms with Gasteiger partial charge in [0.1, 0.15) is 0 Å². The van der Waals surface area contributed by atoms with Crippen LogP contribution in [0.2, 0.25) is 0 Å². The normalized spacial score (nSPS) is 12.5. The molecule has 1 nitrogen and oxygen atoms in total. The Morgan fingerprint density at radius 1 is 0.474 bits per heavy atom. The first-order chi connectivity index (χ1) is 16.7. The van der Waals surface area contributed by atoms with Crippen LogP contribution < -0.4 is 34.0 Å². The number of benzene rings is 2. The minimum Gasteiger partial charge on any atom is -1.00 e. The van der Waals surface area contributed by atoms with Crippen LogP contribution in [0.25, 0.3) is 0 Å². The molecule has 0 aliphatic carbocycles. The van der Waals surface area contributed by atoms with Crippen molar-refractivity contribution in [1.29, 1.82) is 0 Å². The molecule has 0 fully saturated rings. The molecule has 0 aliphatic heterocycles. The summed E-state index contributed by atoms with van der Waals surface area (Å²) < 4.78 is 0. The van der Waals surface area contributed by atoms with E-state index >= 15 is 0 Å². The molecule has 0 radical (unpaired) electrons. The average molecular weight is 689 g/mol. The third-order valence-electron chi connectivity index (χ3n) is 9.11. The molecule has 0 heterocycles. The highest BCUT2D eigenvalue weighted by atomic mass is 79.9. The number of hydrogen-bond donors (Lipinski definition) is 0. The third-order valence-corrected chi connectivity index (χ3v) is 22.5. The second-order valence-corrected chi connectivity index (χ2v) is 23.4. The van der Waals surface area contributed by atoms with Gasteiger partial charge in [-0.25, -0.2) is 0 Å². The summed E-state index contributed by atoms with van der Waals surface area (Å²) in [7, 11) is -2.32. The van der Waals surface area contributed by atoms with Crippen LogP contribution in [0.15, 0.2) is 48.5 Å². The zero-order valence-corrected chi connectivity index (χ0v) is 31.0. The SMILES string of the molecule is CC(C)[P+](Cc1ccc(C(=O)c2ccc(C[P+](C(C)C)(C(C)C)C(C)C)cc2)cc1)(C(C)C)C(C)C.[Br-].[Br-]. The van der Waals surface area contributed by atoms with Gasteiger partial charge in [0, 0.05) is 25.7 Å². The van der Waals surface area contributed by atoms with Gasteiger partial charge in [-0.1, -0.05) is 48.5 Å². The summed E-state index contributed by atoms with van der Waals surface area (Å²) in [5.74, 6) is 0.128. The van der Waals surface area contributed by atoms with Gasteiger partial charge in [-0.15, -0.1) is 0 Å². The van der Waals surface area contributed by atoms with Crippen LogP contribution in [0, 0.1) is 0 Å². The molecular weight excluding hydrogens is 634 g/mol.